The van der Waals surface area contributed by atoms with Crippen LogP contribution in [0.5, 0.6) is 0 Å². The number of thioether (sulfide) groups is 1. The van der Waals surface area contributed by atoms with Gasteiger partial charge in [0, 0.05) is 5.75 Å². The first-order valence-electron chi connectivity index (χ1n) is 8.93. The van der Waals surface area contributed by atoms with E-state index in [1.807, 2.05) is 0 Å². The number of fused-ring (bicyclic) bond motifs is 1. The molecule has 1 saturated heterocycles. The van der Waals surface area contributed by atoms with E-state index in [2.05, 4.69) is 38.3 Å². The third-order valence-electron chi connectivity index (χ3n) is 4.65. The van der Waals surface area contributed by atoms with Crippen molar-refractivity contribution in [1.82, 2.24) is 25.4 Å². The Morgan fingerprint density at radius 3 is 2.85 bits per heavy atom. The Morgan fingerprint density at radius 1 is 1.52 bits per heavy atom. The number of carbonyl (C=O) groups is 3. The predicted molar refractivity (Wildman–Crippen MR) is 126 cm³/mol. The molecule has 0 radical (unpaired) electrons. The smallest absolute Gasteiger partial charge is 0.352 e. The van der Waals surface area contributed by atoms with Crippen LogP contribution in [0.4, 0.5) is 5.13 Å². The van der Waals surface area contributed by atoms with Crippen molar-refractivity contribution in [3.05, 3.63) is 31.8 Å². The Labute approximate surface area is 208 Å². The summed E-state index contributed by atoms with van der Waals surface area (Å²) in [5, 5.41) is 23.1. The zero-order valence-electron chi connectivity index (χ0n) is 16.5. The topological polar surface area (TPSA) is 173 Å². The zero-order valence-corrected chi connectivity index (χ0v) is 20.6. The number of carbonyl (C=O) groups excluding carboxylic acids is 2. The zero-order chi connectivity index (χ0) is 23.9. The van der Waals surface area contributed by atoms with E-state index in [4.69, 9.17) is 22.2 Å². The number of oxime groups is 1. The molecular weight excluding hydrogens is 534 g/mol. The number of aromatic nitrogens is 3. The molecule has 0 aliphatic carbocycles. The number of nitrogens with one attached hydrogen (secondary N) is 1. The molecule has 12 nitrogen and oxygen atoms in total. The van der Waals surface area contributed by atoms with Gasteiger partial charge in [-0.3, -0.25) is 14.5 Å². The van der Waals surface area contributed by atoms with E-state index < -0.39 is 34.4 Å². The van der Waals surface area contributed by atoms with Crippen molar-refractivity contribution in [1.29, 1.82) is 0 Å². The maximum Gasteiger partial charge on any atom is 0.352 e. The summed E-state index contributed by atoms with van der Waals surface area (Å²) in [6.45, 7) is 0. The summed E-state index contributed by atoms with van der Waals surface area (Å²) >= 11 is 14.1. The molecule has 4 heterocycles. The first-order chi connectivity index (χ1) is 15.7. The molecule has 2 aromatic heterocycles. The lowest BCUT2D eigenvalue weighted by atomic mass is 10.0. The number of anilines is 1. The standard InChI is InChI=1S/C16H14ClN7O5S4/c1-29-23-6(5-10(17)33-16(18)21-5)11(25)20-7-13(26)24-8(15(27)28)4(2-31-14(7)24)9(30)12-22-19-3-32-12/h3,7,9,14,30H,2H2,1H3,(H2,18,21)(H,20,25)(H,27,28)/b23-6+. The van der Waals surface area contributed by atoms with Crippen molar-refractivity contribution in [2.24, 2.45) is 5.16 Å². The Kier molecular flexibility index (Phi) is 6.81. The van der Waals surface area contributed by atoms with E-state index in [9.17, 15) is 19.5 Å². The lowest BCUT2D eigenvalue weighted by Crippen LogP contribution is -2.71. The molecule has 174 valence electrons. The quantitative estimate of drug-likeness (QED) is 0.169. The van der Waals surface area contributed by atoms with E-state index in [1.54, 1.807) is 0 Å². The molecule has 0 aromatic carbocycles. The normalized spacial score (nSPS) is 21.4. The van der Waals surface area contributed by atoms with E-state index in [0.29, 0.717) is 10.6 Å². The Hall–Kier alpha value is -2.40. The van der Waals surface area contributed by atoms with Crippen molar-refractivity contribution in [2.45, 2.75) is 16.7 Å². The minimum Gasteiger partial charge on any atom is -0.477 e. The van der Waals surface area contributed by atoms with Gasteiger partial charge in [0.05, 0.1) is 5.25 Å². The Morgan fingerprint density at radius 2 is 2.27 bits per heavy atom. The number of rotatable bonds is 7. The van der Waals surface area contributed by atoms with Crippen LogP contribution >= 0.6 is 58.7 Å². The second kappa shape index (κ2) is 9.46. The maximum absolute atomic E-state index is 12.9. The number of thiol groups is 1. The molecule has 1 fully saturated rings. The second-order valence-corrected chi connectivity index (χ2v) is 10.6. The van der Waals surface area contributed by atoms with E-state index in [-0.39, 0.29) is 32.3 Å². The number of β-lactam (4-membered cyclic amide) rings is 1. The molecule has 4 rings (SSSR count). The fourth-order valence-corrected chi connectivity index (χ4v) is 6.71. The second-order valence-electron chi connectivity index (χ2n) is 6.52. The van der Waals surface area contributed by atoms with Crippen LogP contribution in [-0.4, -0.2) is 73.0 Å². The first-order valence-corrected chi connectivity index (χ1v) is 12.6. The van der Waals surface area contributed by atoms with Crippen LogP contribution in [0.2, 0.25) is 4.34 Å². The number of nitrogens with zero attached hydrogens (tertiary/aromatic N) is 5. The number of nitrogens with two attached hydrogens (primary N) is 1. The predicted octanol–water partition coefficient (Wildman–Crippen LogP) is 0.990. The fraction of sp³-hybridized carbons (Fsp3) is 0.312. The number of amides is 2. The largest absolute Gasteiger partial charge is 0.477 e. The summed E-state index contributed by atoms with van der Waals surface area (Å²) < 4.78 is 0.129. The average Bonchev–Trinajstić information content (AvgIpc) is 3.43. The third kappa shape index (κ3) is 4.28. The van der Waals surface area contributed by atoms with Crippen LogP contribution in [0.3, 0.4) is 0 Å². The first kappa shape index (κ1) is 23.7. The molecule has 3 atom stereocenters. The van der Waals surface area contributed by atoms with Gasteiger partial charge in [-0.1, -0.05) is 28.1 Å². The lowest BCUT2D eigenvalue weighted by molar-refractivity contribution is -0.150. The van der Waals surface area contributed by atoms with Gasteiger partial charge in [-0.25, -0.2) is 9.78 Å². The number of carboxylic acid groups (broad SMARTS) is 1. The molecule has 0 bridgehead atoms. The van der Waals surface area contributed by atoms with Gasteiger partial charge in [0.1, 0.15) is 44.8 Å². The number of aliphatic carboxylic acids is 1. The number of halogens is 1. The van der Waals surface area contributed by atoms with Crippen molar-refractivity contribution < 1.29 is 24.3 Å². The molecule has 0 saturated carbocycles. The number of hydrogen-bond acceptors (Lipinski definition) is 13. The highest BCUT2D eigenvalue weighted by Crippen LogP contribution is 2.45. The molecule has 0 spiro atoms. The van der Waals surface area contributed by atoms with Gasteiger partial charge in [-0.05, 0) is 5.57 Å². The summed E-state index contributed by atoms with van der Waals surface area (Å²) in [6, 6.07) is -0.991. The average molecular weight is 548 g/mol. The minimum atomic E-state index is -1.27. The number of thiazole rings is 1. The van der Waals surface area contributed by atoms with Crippen LogP contribution < -0.4 is 11.1 Å². The van der Waals surface area contributed by atoms with Crippen molar-refractivity contribution in [2.75, 3.05) is 18.6 Å². The van der Waals surface area contributed by atoms with Crippen molar-refractivity contribution in [3.8, 4) is 0 Å². The lowest BCUT2D eigenvalue weighted by Gasteiger charge is -2.49. The van der Waals surface area contributed by atoms with Crippen molar-refractivity contribution >= 4 is 87.3 Å². The SMILES string of the molecule is CO/N=C(/C(=O)NC1C(=O)N2C(C(=O)O)=C(C(S)c3nncs3)CSC12)c1nc(N)sc1Cl. The van der Waals surface area contributed by atoms with E-state index in [0.717, 1.165) is 16.2 Å². The van der Waals surface area contributed by atoms with E-state index in [1.165, 1.54) is 35.7 Å². The Balaban J connectivity index is 1.57. The fourth-order valence-electron chi connectivity index (χ4n) is 3.26. The number of nitrogen functional groups attached to an aromatic ring is 1. The van der Waals surface area contributed by atoms with Gasteiger partial charge < -0.3 is 21.0 Å². The summed E-state index contributed by atoms with van der Waals surface area (Å²) in [7, 11) is 1.24. The molecule has 2 aliphatic rings. The van der Waals surface area contributed by atoms with Gasteiger partial charge in [-0.15, -0.1) is 33.3 Å². The summed E-state index contributed by atoms with van der Waals surface area (Å²) in [5.41, 5.74) is 7.15. The van der Waals surface area contributed by atoms with Gasteiger partial charge in [0.15, 0.2) is 10.8 Å². The molecule has 3 unspecified atom stereocenters. The van der Waals surface area contributed by atoms with Crippen LogP contribution in [-0.2, 0) is 19.2 Å². The summed E-state index contributed by atoms with van der Waals surface area (Å²) in [6.07, 6.45) is 0. The van der Waals surface area contributed by atoms with Crippen LogP contribution in [0.25, 0.3) is 0 Å². The Bertz CT molecular complexity index is 1180. The van der Waals surface area contributed by atoms with Crippen molar-refractivity contribution in [3.63, 3.8) is 0 Å². The molecular formula is C16H14ClN7O5S4. The van der Waals surface area contributed by atoms with Gasteiger partial charge in [0.2, 0.25) is 0 Å². The third-order valence-corrected chi connectivity index (χ3v) is 8.53. The molecule has 2 amide bonds. The van der Waals surface area contributed by atoms with E-state index >= 15 is 0 Å². The van der Waals surface area contributed by atoms with Crippen LogP contribution in [0, 0.1) is 0 Å². The van der Waals surface area contributed by atoms with Crippen LogP contribution in [0.15, 0.2) is 21.9 Å². The molecule has 4 N–H and O–H groups in total. The summed E-state index contributed by atoms with van der Waals surface area (Å²) in [4.78, 5) is 47.7. The minimum absolute atomic E-state index is 0.0156. The monoisotopic (exact) mass is 547 g/mol. The van der Waals surface area contributed by atoms with Gasteiger partial charge in [-0.2, -0.15) is 12.6 Å². The molecule has 2 aromatic rings. The highest BCUT2D eigenvalue weighted by atomic mass is 35.5. The number of hydrogen-bond donors (Lipinski definition) is 4. The van der Waals surface area contributed by atoms with Crippen LogP contribution in [0.1, 0.15) is 16.0 Å². The van der Waals surface area contributed by atoms with Gasteiger partial charge >= 0.3 is 5.97 Å². The molecule has 2 aliphatic heterocycles. The number of carboxylic acids is 1. The summed E-state index contributed by atoms with van der Waals surface area (Å²) in [5.74, 6) is -2.36. The molecule has 17 heteroatoms. The van der Waals surface area contributed by atoms with Gasteiger partial charge in [0.25, 0.3) is 11.8 Å². The maximum atomic E-state index is 12.9. The highest BCUT2D eigenvalue weighted by Gasteiger charge is 2.55. The molecule has 33 heavy (non-hydrogen) atoms. The highest BCUT2D eigenvalue weighted by molar-refractivity contribution is 8.00.